The molecule has 2 heteroatoms. The molecule has 124 valence electrons. The van der Waals surface area contributed by atoms with Gasteiger partial charge in [-0.15, -0.1) is 11.8 Å². The Kier molecular flexibility index (Phi) is 7.55. The summed E-state index contributed by atoms with van der Waals surface area (Å²) in [7, 11) is 0. The van der Waals surface area contributed by atoms with Crippen molar-refractivity contribution in [1.82, 2.24) is 0 Å². The van der Waals surface area contributed by atoms with Gasteiger partial charge < -0.3 is 5.11 Å². The van der Waals surface area contributed by atoms with Gasteiger partial charge in [-0.3, -0.25) is 0 Å². The lowest BCUT2D eigenvalue weighted by molar-refractivity contribution is 0.446. The topological polar surface area (TPSA) is 20.2 Å². The van der Waals surface area contributed by atoms with Gasteiger partial charge in [-0.2, -0.15) is 0 Å². The zero-order valence-electron chi connectivity index (χ0n) is 15.1. The Bertz CT molecular complexity index is 493. The molecule has 1 aromatic carbocycles. The molecule has 1 aromatic rings. The molecular formula is C20H32OS. The summed E-state index contributed by atoms with van der Waals surface area (Å²) in [5.74, 6) is 2.32. The second kappa shape index (κ2) is 8.67. The van der Waals surface area contributed by atoms with Gasteiger partial charge in [0.2, 0.25) is 0 Å². The third-order valence-corrected chi connectivity index (χ3v) is 4.89. The van der Waals surface area contributed by atoms with Gasteiger partial charge in [0, 0.05) is 10.5 Å². The Morgan fingerprint density at radius 1 is 1.23 bits per heavy atom. The summed E-state index contributed by atoms with van der Waals surface area (Å²) >= 11 is 1.90. The minimum absolute atomic E-state index is 0.0156. The van der Waals surface area contributed by atoms with Crippen LogP contribution in [0.1, 0.15) is 66.4 Å². The first kappa shape index (κ1) is 19.2. The van der Waals surface area contributed by atoms with Crippen molar-refractivity contribution in [1.29, 1.82) is 0 Å². The molecule has 0 aliphatic rings. The zero-order chi connectivity index (χ0) is 16.8. The highest BCUT2D eigenvalue weighted by atomic mass is 32.2. The lowest BCUT2D eigenvalue weighted by Gasteiger charge is -2.21. The maximum Gasteiger partial charge on any atom is 0.119 e. The van der Waals surface area contributed by atoms with Crippen LogP contribution in [-0.2, 0) is 5.41 Å². The van der Waals surface area contributed by atoms with E-state index in [0.717, 1.165) is 17.2 Å². The molecule has 0 fully saturated rings. The van der Waals surface area contributed by atoms with Crippen LogP contribution < -0.4 is 0 Å². The van der Waals surface area contributed by atoms with Crippen molar-refractivity contribution >= 4 is 11.8 Å². The van der Waals surface area contributed by atoms with E-state index < -0.39 is 0 Å². The molecule has 0 saturated carbocycles. The van der Waals surface area contributed by atoms with E-state index in [2.05, 4.69) is 53.7 Å². The average molecular weight is 321 g/mol. The van der Waals surface area contributed by atoms with Crippen molar-refractivity contribution in [3.05, 3.63) is 35.4 Å². The number of thioether (sulfide) groups is 1. The van der Waals surface area contributed by atoms with Crippen molar-refractivity contribution in [2.45, 2.75) is 71.1 Å². The van der Waals surface area contributed by atoms with Crippen LogP contribution >= 0.6 is 11.8 Å². The van der Waals surface area contributed by atoms with Gasteiger partial charge in [-0.25, -0.2) is 0 Å². The highest BCUT2D eigenvalue weighted by molar-refractivity contribution is 7.99. The van der Waals surface area contributed by atoms with Gasteiger partial charge in [0.25, 0.3) is 0 Å². The summed E-state index contributed by atoms with van der Waals surface area (Å²) in [6.45, 7) is 13.1. The van der Waals surface area contributed by atoms with Crippen molar-refractivity contribution in [2.24, 2.45) is 5.92 Å². The van der Waals surface area contributed by atoms with Crippen LogP contribution in [0.4, 0.5) is 0 Å². The fraction of sp³-hybridized carbons (Fsp3) is 0.600. The van der Waals surface area contributed by atoms with E-state index in [1.807, 2.05) is 23.9 Å². The van der Waals surface area contributed by atoms with Crippen molar-refractivity contribution in [3.8, 4) is 5.75 Å². The molecule has 0 heterocycles. The van der Waals surface area contributed by atoms with Crippen molar-refractivity contribution in [2.75, 3.05) is 5.75 Å². The second-order valence-electron chi connectivity index (χ2n) is 7.53. The van der Waals surface area contributed by atoms with Crippen LogP contribution in [0.5, 0.6) is 5.75 Å². The number of aromatic hydroxyl groups is 1. The van der Waals surface area contributed by atoms with E-state index >= 15 is 0 Å². The molecular weight excluding hydrogens is 288 g/mol. The maximum absolute atomic E-state index is 10.0. The van der Waals surface area contributed by atoms with Crippen LogP contribution in [0, 0.1) is 5.92 Å². The predicted molar refractivity (Wildman–Crippen MR) is 100.0 cm³/mol. The van der Waals surface area contributed by atoms with Crippen molar-refractivity contribution < 1.29 is 5.11 Å². The third-order valence-electron chi connectivity index (χ3n) is 3.87. The Balaban J connectivity index is 2.47. The van der Waals surface area contributed by atoms with Gasteiger partial charge in [0.1, 0.15) is 5.75 Å². The molecule has 0 radical (unpaired) electrons. The fourth-order valence-corrected chi connectivity index (χ4v) is 3.51. The summed E-state index contributed by atoms with van der Waals surface area (Å²) in [5, 5.41) is 10.0. The minimum atomic E-state index is -0.0156. The number of rotatable bonds is 7. The first-order valence-corrected chi connectivity index (χ1v) is 9.28. The molecule has 0 amide bonds. The zero-order valence-corrected chi connectivity index (χ0v) is 15.9. The second-order valence-corrected chi connectivity index (χ2v) is 8.70. The molecule has 22 heavy (non-hydrogen) atoms. The molecule has 0 aromatic heterocycles. The Morgan fingerprint density at radius 2 is 1.91 bits per heavy atom. The van der Waals surface area contributed by atoms with Gasteiger partial charge in [-0.05, 0) is 68.4 Å². The van der Waals surface area contributed by atoms with E-state index in [-0.39, 0.29) is 5.41 Å². The molecule has 1 unspecified atom stereocenters. The van der Waals surface area contributed by atoms with E-state index in [9.17, 15) is 5.11 Å². The number of phenols is 1. The lowest BCUT2D eigenvalue weighted by atomic mass is 9.86. The van der Waals surface area contributed by atoms with E-state index in [4.69, 9.17) is 0 Å². The monoisotopic (exact) mass is 320 g/mol. The van der Waals surface area contributed by atoms with Crippen molar-refractivity contribution in [3.63, 3.8) is 0 Å². The van der Waals surface area contributed by atoms with Crippen LogP contribution in [-0.4, -0.2) is 10.9 Å². The third kappa shape index (κ3) is 6.91. The molecule has 0 bridgehead atoms. The van der Waals surface area contributed by atoms with Crippen LogP contribution in [0.15, 0.2) is 34.7 Å². The first-order chi connectivity index (χ1) is 10.2. The fourth-order valence-electron chi connectivity index (χ4n) is 2.38. The highest BCUT2D eigenvalue weighted by Gasteiger charge is 2.18. The highest BCUT2D eigenvalue weighted by Crippen LogP contribution is 2.34. The predicted octanol–water partition coefficient (Wildman–Crippen LogP) is 6.55. The van der Waals surface area contributed by atoms with Gasteiger partial charge in [0.05, 0.1) is 0 Å². The first-order valence-electron chi connectivity index (χ1n) is 8.30. The van der Waals surface area contributed by atoms with E-state index in [0.29, 0.717) is 5.75 Å². The molecule has 1 N–H and O–H groups in total. The number of benzene rings is 1. The normalized spacial score (nSPS) is 13.0. The quantitative estimate of drug-likeness (QED) is 0.454. The minimum Gasteiger partial charge on any atom is -0.508 e. The number of hydrogen-bond acceptors (Lipinski definition) is 2. The Morgan fingerprint density at radius 3 is 2.50 bits per heavy atom. The summed E-state index contributed by atoms with van der Waals surface area (Å²) < 4.78 is 0. The number of hydrogen-bond donors (Lipinski definition) is 1. The molecule has 0 spiro atoms. The standard InChI is InChI=1S/C20H32OS/c1-15(2)8-7-9-16(3)12-13-22-17-10-11-19(21)18(14-17)20(4,5)6/h8,10-11,14,16,21H,7,9,12-13H2,1-6H3. The van der Waals surface area contributed by atoms with E-state index in [1.165, 1.54) is 29.7 Å². The number of allylic oxidation sites excluding steroid dienone is 2. The summed E-state index contributed by atoms with van der Waals surface area (Å²) in [6.07, 6.45) is 6.04. The smallest absolute Gasteiger partial charge is 0.119 e. The molecule has 0 aliphatic carbocycles. The summed E-state index contributed by atoms with van der Waals surface area (Å²) in [4.78, 5) is 1.26. The van der Waals surface area contributed by atoms with Gasteiger partial charge in [0.15, 0.2) is 0 Å². The van der Waals surface area contributed by atoms with Crippen LogP contribution in [0.2, 0.25) is 0 Å². The SMILES string of the molecule is CC(C)=CCCC(C)CCSc1ccc(O)c(C(C)(C)C)c1. The van der Waals surface area contributed by atoms with Crippen LogP contribution in [0.25, 0.3) is 0 Å². The molecule has 0 aliphatic heterocycles. The average Bonchev–Trinajstić information content (AvgIpc) is 2.39. The summed E-state index contributed by atoms with van der Waals surface area (Å²) in [6, 6.07) is 6.01. The van der Waals surface area contributed by atoms with Gasteiger partial charge >= 0.3 is 0 Å². The Labute approximate surface area is 141 Å². The van der Waals surface area contributed by atoms with E-state index in [1.54, 1.807) is 0 Å². The largest absolute Gasteiger partial charge is 0.508 e. The maximum atomic E-state index is 10.0. The van der Waals surface area contributed by atoms with Crippen LogP contribution in [0.3, 0.4) is 0 Å². The number of phenolic OH excluding ortho intramolecular Hbond substituents is 1. The lowest BCUT2D eigenvalue weighted by Crippen LogP contribution is -2.11. The molecule has 0 saturated heterocycles. The van der Waals surface area contributed by atoms with Gasteiger partial charge in [-0.1, -0.05) is 39.3 Å². The summed E-state index contributed by atoms with van der Waals surface area (Å²) in [5.41, 5.74) is 2.44. The Hall–Kier alpha value is -0.890. The molecule has 1 rings (SSSR count). The molecule has 1 atom stereocenters. The molecule has 1 nitrogen and oxygen atoms in total.